The second-order valence-corrected chi connectivity index (χ2v) is 6.69. The molecule has 0 aliphatic heterocycles. The molecule has 0 aromatic rings. The van der Waals surface area contributed by atoms with Gasteiger partial charge in [-0.2, -0.15) is 0 Å². The van der Waals surface area contributed by atoms with E-state index in [9.17, 15) is 4.79 Å². The number of hydrogen-bond donors (Lipinski definition) is 2. The van der Waals surface area contributed by atoms with Crippen LogP contribution in [0.4, 0.5) is 0 Å². The van der Waals surface area contributed by atoms with Crippen LogP contribution in [0.3, 0.4) is 0 Å². The fraction of sp³-hybridized carbons (Fsp3) is 0.938. The highest BCUT2D eigenvalue weighted by Crippen LogP contribution is 2.25. The Balaban J connectivity index is 2.25. The van der Waals surface area contributed by atoms with Gasteiger partial charge >= 0.3 is 0 Å². The maximum absolute atomic E-state index is 12.0. The first-order chi connectivity index (χ1) is 9.41. The molecule has 1 fully saturated rings. The van der Waals surface area contributed by atoms with Crippen LogP contribution in [0.1, 0.15) is 59.8 Å². The van der Waals surface area contributed by atoms with E-state index in [1.807, 2.05) is 0 Å². The quantitative estimate of drug-likeness (QED) is 0.752. The van der Waals surface area contributed by atoms with Gasteiger partial charge in [0, 0.05) is 37.6 Å². The van der Waals surface area contributed by atoms with Crippen LogP contribution >= 0.6 is 0 Å². The minimum absolute atomic E-state index is 0.166. The van der Waals surface area contributed by atoms with E-state index in [2.05, 4.69) is 37.9 Å². The highest BCUT2D eigenvalue weighted by molar-refractivity contribution is 5.76. The van der Waals surface area contributed by atoms with Gasteiger partial charge < -0.3 is 11.1 Å². The molecule has 20 heavy (non-hydrogen) atoms. The fourth-order valence-corrected chi connectivity index (χ4v) is 3.24. The van der Waals surface area contributed by atoms with E-state index in [1.54, 1.807) is 0 Å². The summed E-state index contributed by atoms with van der Waals surface area (Å²) in [6.07, 6.45) is 5.23. The molecule has 1 aliphatic rings. The normalized spacial score (nSPS) is 23.6. The summed E-state index contributed by atoms with van der Waals surface area (Å²) in [5.74, 6) is 0.551. The van der Waals surface area contributed by atoms with Crippen molar-refractivity contribution in [3.8, 4) is 0 Å². The van der Waals surface area contributed by atoms with E-state index in [0.29, 0.717) is 24.4 Å². The molecule has 4 nitrogen and oxygen atoms in total. The molecular formula is C16H33N3O. The second kappa shape index (κ2) is 8.63. The van der Waals surface area contributed by atoms with E-state index in [-0.39, 0.29) is 11.9 Å². The largest absolute Gasteiger partial charge is 0.355 e. The minimum atomic E-state index is 0.166. The highest BCUT2D eigenvalue weighted by Gasteiger charge is 2.24. The van der Waals surface area contributed by atoms with Crippen LogP contribution < -0.4 is 11.1 Å². The molecule has 2 unspecified atom stereocenters. The SMILES string of the molecule is CC(C)N(CCNC(=O)CC1CCCCC1N)C(C)C. The molecule has 4 heteroatoms. The summed E-state index contributed by atoms with van der Waals surface area (Å²) < 4.78 is 0. The molecule has 1 amide bonds. The molecule has 1 saturated carbocycles. The van der Waals surface area contributed by atoms with Crippen LogP contribution in [-0.4, -0.2) is 42.0 Å². The monoisotopic (exact) mass is 283 g/mol. The Morgan fingerprint density at radius 3 is 2.35 bits per heavy atom. The van der Waals surface area contributed by atoms with Gasteiger partial charge in [0.1, 0.15) is 0 Å². The molecule has 118 valence electrons. The van der Waals surface area contributed by atoms with E-state index in [1.165, 1.54) is 12.8 Å². The number of hydrogen-bond acceptors (Lipinski definition) is 3. The third-order valence-electron chi connectivity index (χ3n) is 4.43. The molecule has 0 bridgehead atoms. The first-order valence-electron chi connectivity index (χ1n) is 8.19. The molecular weight excluding hydrogens is 250 g/mol. The van der Waals surface area contributed by atoms with Gasteiger partial charge in [0.05, 0.1) is 0 Å². The second-order valence-electron chi connectivity index (χ2n) is 6.69. The van der Waals surface area contributed by atoms with Crippen molar-refractivity contribution in [2.45, 2.75) is 77.9 Å². The molecule has 0 spiro atoms. The predicted molar refractivity (Wildman–Crippen MR) is 84.5 cm³/mol. The van der Waals surface area contributed by atoms with E-state index < -0.39 is 0 Å². The molecule has 1 aliphatic carbocycles. The van der Waals surface area contributed by atoms with Crippen molar-refractivity contribution < 1.29 is 4.79 Å². The van der Waals surface area contributed by atoms with Gasteiger partial charge in [-0.15, -0.1) is 0 Å². The number of nitrogens with two attached hydrogens (primary N) is 1. The molecule has 0 aromatic heterocycles. The molecule has 2 atom stereocenters. The third-order valence-corrected chi connectivity index (χ3v) is 4.43. The summed E-state index contributed by atoms with van der Waals surface area (Å²) >= 11 is 0. The summed E-state index contributed by atoms with van der Waals surface area (Å²) in [6.45, 7) is 10.4. The van der Waals surface area contributed by atoms with Crippen LogP contribution in [0.2, 0.25) is 0 Å². The standard InChI is InChI=1S/C16H33N3O/c1-12(2)19(13(3)4)10-9-18-16(20)11-14-7-5-6-8-15(14)17/h12-15H,5-11,17H2,1-4H3,(H,18,20). The van der Waals surface area contributed by atoms with Crippen molar-refractivity contribution in [3.05, 3.63) is 0 Å². The van der Waals surface area contributed by atoms with Crippen molar-refractivity contribution in [2.75, 3.05) is 13.1 Å². The zero-order valence-corrected chi connectivity index (χ0v) is 13.7. The lowest BCUT2D eigenvalue weighted by atomic mass is 9.83. The number of rotatable bonds is 7. The summed E-state index contributed by atoms with van der Waals surface area (Å²) in [7, 11) is 0. The lowest BCUT2D eigenvalue weighted by Crippen LogP contribution is -2.43. The zero-order chi connectivity index (χ0) is 15.1. The van der Waals surface area contributed by atoms with Gasteiger partial charge in [0.25, 0.3) is 0 Å². The summed E-state index contributed by atoms with van der Waals surface area (Å²) in [6, 6.07) is 1.25. The van der Waals surface area contributed by atoms with Crippen molar-refractivity contribution in [1.82, 2.24) is 10.2 Å². The number of carbonyl (C=O) groups is 1. The first-order valence-corrected chi connectivity index (χ1v) is 8.19. The zero-order valence-electron chi connectivity index (χ0n) is 13.7. The maximum Gasteiger partial charge on any atom is 0.220 e. The van der Waals surface area contributed by atoms with Gasteiger partial charge in [-0.05, 0) is 46.5 Å². The van der Waals surface area contributed by atoms with Crippen molar-refractivity contribution in [2.24, 2.45) is 11.7 Å². The number of nitrogens with zero attached hydrogens (tertiary/aromatic N) is 1. The van der Waals surface area contributed by atoms with E-state index in [4.69, 9.17) is 5.73 Å². The molecule has 3 N–H and O–H groups in total. The van der Waals surface area contributed by atoms with Crippen LogP contribution in [-0.2, 0) is 4.79 Å². The first kappa shape index (κ1) is 17.4. The Morgan fingerprint density at radius 1 is 1.20 bits per heavy atom. The molecule has 0 saturated heterocycles. The molecule has 1 rings (SSSR count). The van der Waals surface area contributed by atoms with Crippen LogP contribution in [0, 0.1) is 5.92 Å². The van der Waals surface area contributed by atoms with E-state index >= 15 is 0 Å². The highest BCUT2D eigenvalue weighted by atomic mass is 16.1. The Labute approximate surface area is 124 Å². The van der Waals surface area contributed by atoms with Crippen LogP contribution in [0.25, 0.3) is 0 Å². The van der Waals surface area contributed by atoms with Crippen molar-refractivity contribution >= 4 is 5.91 Å². The Hall–Kier alpha value is -0.610. The Bertz CT molecular complexity index is 283. The molecule has 0 heterocycles. The molecule has 0 aromatic carbocycles. The van der Waals surface area contributed by atoms with Gasteiger partial charge in [0.15, 0.2) is 0 Å². The average molecular weight is 283 g/mol. The predicted octanol–water partition coefficient (Wildman–Crippen LogP) is 2.13. The summed E-state index contributed by atoms with van der Waals surface area (Å²) in [5.41, 5.74) is 6.10. The third kappa shape index (κ3) is 5.80. The number of carbonyl (C=O) groups excluding carboxylic acids is 1. The minimum Gasteiger partial charge on any atom is -0.355 e. The number of amides is 1. The topological polar surface area (TPSA) is 58.4 Å². The lowest BCUT2D eigenvalue weighted by molar-refractivity contribution is -0.122. The fourth-order valence-electron chi connectivity index (χ4n) is 3.24. The Morgan fingerprint density at radius 2 is 1.80 bits per heavy atom. The van der Waals surface area contributed by atoms with Gasteiger partial charge in [-0.25, -0.2) is 0 Å². The van der Waals surface area contributed by atoms with E-state index in [0.717, 1.165) is 25.9 Å². The van der Waals surface area contributed by atoms with Crippen molar-refractivity contribution in [3.63, 3.8) is 0 Å². The smallest absolute Gasteiger partial charge is 0.220 e. The summed E-state index contributed by atoms with van der Waals surface area (Å²) in [5, 5.41) is 3.05. The van der Waals surface area contributed by atoms with Gasteiger partial charge in [-0.1, -0.05) is 12.8 Å². The van der Waals surface area contributed by atoms with Gasteiger partial charge in [0.2, 0.25) is 5.91 Å². The Kier molecular flexibility index (Phi) is 7.52. The molecule has 0 radical (unpaired) electrons. The maximum atomic E-state index is 12.0. The van der Waals surface area contributed by atoms with Gasteiger partial charge in [-0.3, -0.25) is 9.69 Å². The summed E-state index contributed by atoms with van der Waals surface area (Å²) in [4.78, 5) is 14.4. The van der Waals surface area contributed by atoms with Crippen LogP contribution in [0.15, 0.2) is 0 Å². The van der Waals surface area contributed by atoms with Crippen LogP contribution in [0.5, 0.6) is 0 Å². The average Bonchev–Trinajstić information content (AvgIpc) is 2.36. The van der Waals surface area contributed by atoms with Crippen molar-refractivity contribution in [1.29, 1.82) is 0 Å². The number of nitrogens with one attached hydrogen (secondary N) is 1. The lowest BCUT2D eigenvalue weighted by Gasteiger charge is -2.31.